The van der Waals surface area contributed by atoms with Crippen LogP contribution in [0.3, 0.4) is 0 Å². The first-order valence-electron chi connectivity index (χ1n) is 15.1. The molecule has 0 aliphatic rings. The lowest BCUT2D eigenvalue weighted by Crippen LogP contribution is -2.54. The predicted molar refractivity (Wildman–Crippen MR) is 177 cm³/mol. The van der Waals surface area contributed by atoms with Crippen LogP contribution in [0.1, 0.15) is 37.0 Å². The maximum absolute atomic E-state index is 14.5. The fourth-order valence-corrected chi connectivity index (χ4v) is 6.31. The Morgan fingerprint density at radius 2 is 1.50 bits per heavy atom. The van der Waals surface area contributed by atoms with Crippen molar-refractivity contribution in [2.45, 2.75) is 57.1 Å². The van der Waals surface area contributed by atoms with Gasteiger partial charge in [0.05, 0.1) is 17.7 Å². The molecule has 0 saturated carbocycles. The van der Waals surface area contributed by atoms with Gasteiger partial charge in [0.15, 0.2) is 0 Å². The highest BCUT2D eigenvalue weighted by Gasteiger charge is 2.35. The summed E-state index contributed by atoms with van der Waals surface area (Å²) in [5.41, 5.74) is 2.75. The summed E-state index contributed by atoms with van der Waals surface area (Å²) in [5, 5.41) is 3.02. The molecule has 0 aliphatic carbocycles. The van der Waals surface area contributed by atoms with Gasteiger partial charge in [-0.05, 0) is 79.9 Å². The SMILES string of the molecule is CCC(C)NC(=O)C(Cc1ccccc1)N(Cc1ccc(C)cc1)C(=O)CN(c1ccc(F)cc1)S(=O)(=O)c1ccc(OC)cc1. The van der Waals surface area contributed by atoms with Crippen molar-refractivity contribution in [3.63, 3.8) is 0 Å². The number of aryl methyl sites for hydroxylation is 1. The van der Waals surface area contributed by atoms with E-state index >= 15 is 0 Å². The van der Waals surface area contributed by atoms with E-state index in [2.05, 4.69) is 5.32 Å². The number of nitrogens with one attached hydrogen (secondary N) is 1. The zero-order chi connectivity index (χ0) is 33.3. The number of sulfonamides is 1. The van der Waals surface area contributed by atoms with E-state index in [1.54, 1.807) is 0 Å². The molecular weight excluding hydrogens is 605 g/mol. The van der Waals surface area contributed by atoms with Crippen LogP contribution in [0.2, 0.25) is 0 Å². The van der Waals surface area contributed by atoms with Crippen LogP contribution >= 0.6 is 0 Å². The van der Waals surface area contributed by atoms with Crippen LogP contribution in [-0.2, 0) is 32.6 Å². The lowest BCUT2D eigenvalue weighted by atomic mass is 10.0. The number of rotatable bonds is 14. The highest BCUT2D eigenvalue weighted by atomic mass is 32.2. The van der Waals surface area contributed by atoms with Gasteiger partial charge in [0.2, 0.25) is 11.8 Å². The van der Waals surface area contributed by atoms with Gasteiger partial charge >= 0.3 is 0 Å². The summed E-state index contributed by atoms with van der Waals surface area (Å²) < 4.78 is 48.3. The molecule has 2 amide bonds. The van der Waals surface area contributed by atoms with Crippen molar-refractivity contribution in [3.8, 4) is 5.75 Å². The highest BCUT2D eigenvalue weighted by molar-refractivity contribution is 7.92. The topological polar surface area (TPSA) is 96.0 Å². The molecule has 2 atom stereocenters. The monoisotopic (exact) mass is 645 g/mol. The summed E-state index contributed by atoms with van der Waals surface area (Å²) in [6, 6.07) is 26.6. The van der Waals surface area contributed by atoms with Crippen molar-refractivity contribution in [1.82, 2.24) is 10.2 Å². The van der Waals surface area contributed by atoms with Gasteiger partial charge in [0.1, 0.15) is 24.2 Å². The summed E-state index contributed by atoms with van der Waals surface area (Å²) in [7, 11) is -2.85. The van der Waals surface area contributed by atoms with Crippen LogP contribution in [0.5, 0.6) is 5.75 Å². The average Bonchev–Trinajstić information content (AvgIpc) is 3.06. The maximum Gasteiger partial charge on any atom is 0.264 e. The van der Waals surface area contributed by atoms with Gasteiger partial charge in [-0.15, -0.1) is 0 Å². The van der Waals surface area contributed by atoms with Crippen LogP contribution in [0.25, 0.3) is 0 Å². The van der Waals surface area contributed by atoms with Gasteiger partial charge in [0.25, 0.3) is 10.0 Å². The molecule has 0 fully saturated rings. The van der Waals surface area contributed by atoms with E-state index < -0.39 is 34.3 Å². The molecule has 4 aromatic rings. The van der Waals surface area contributed by atoms with Crippen molar-refractivity contribution in [1.29, 1.82) is 0 Å². The number of nitrogens with zero attached hydrogens (tertiary/aromatic N) is 2. The summed E-state index contributed by atoms with van der Waals surface area (Å²) in [4.78, 5) is 29.7. The van der Waals surface area contributed by atoms with E-state index in [1.165, 1.54) is 48.4 Å². The molecule has 0 saturated heterocycles. The van der Waals surface area contributed by atoms with Gasteiger partial charge in [-0.3, -0.25) is 13.9 Å². The Balaban J connectivity index is 1.80. The molecule has 4 rings (SSSR count). The molecule has 0 aliphatic heterocycles. The largest absolute Gasteiger partial charge is 0.497 e. The van der Waals surface area contributed by atoms with Gasteiger partial charge in [0, 0.05) is 19.0 Å². The fraction of sp³-hybridized carbons (Fsp3) is 0.278. The molecule has 4 aromatic carbocycles. The second-order valence-corrected chi connectivity index (χ2v) is 13.1. The van der Waals surface area contributed by atoms with E-state index in [9.17, 15) is 22.4 Å². The Morgan fingerprint density at radius 1 is 0.870 bits per heavy atom. The minimum Gasteiger partial charge on any atom is -0.497 e. The van der Waals surface area contributed by atoms with E-state index in [0.29, 0.717) is 12.2 Å². The van der Waals surface area contributed by atoms with E-state index in [4.69, 9.17) is 4.74 Å². The van der Waals surface area contributed by atoms with Crippen LogP contribution < -0.4 is 14.4 Å². The van der Waals surface area contributed by atoms with Crippen molar-refractivity contribution in [3.05, 3.63) is 126 Å². The molecule has 242 valence electrons. The quantitative estimate of drug-likeness (QED) is 0.185. The van der Waals surface area contributed by atoms with Crippen molar-refractivity contribution in [2.24, 2.45) is 0 Å². The first-order valence-corrected chi connectivity index (χ1v) is 16.6. The summed E-state index contributed by atoms with van der Waals surface area (Å²) in [6.07, 6.45) is 0.899. The van der Waals surface area contributed by atoms with E-state index in [0.717, 1.165) is 33.1 Å². The molecule has 8 nitrogen and oxygen atoms in total. The third kappa shape index (κ3) is 8.72. The lowest BCUT2D eigenvalue weighted by molar-refractivity contribution is -0.140. The molecule has 10 heteroatoms. The number of ether oxygens (including phenoxy) is 1. The number of halogens is 1. The third-order valence-corrected chi connectivity index (χ3v) is 9.57. The summed E-state index contributed by atoms with van der Waals surface area (Å²) in [5.74, 6) is -1.03. The molecular formula is C36H40FN3O5S. The number of methoxy groups -OCH3 is 1. The third-order valence-electron chi connectivity index (χ3n) is 7.79. The average molecular weight is 646 g/mol. The zero-order valence-corrected chi connectivity index (χ0v) is 27.3. The Kier molecular flexibility index (Phi) is 11.5. The number of anilines is 1. The van der Waals surface area contributed by atoms with E-state index in [1.807, 2.05) is 75.4 Å². The Morgan fingerprint density at radius 3 is 2.09 bits per heavy atom. The molecule has 0 aromatic heterocycles. The van der Waals surface area contributed by atoms with Crippen LogP contribution in [0.15, 0.2) is 108 Å². The Labute approximate surface area is 270 Å². The molecule has 0 bridgehead atoms. The first-order chi connectivity index (χ1) is 22.0. The maximum atomic E-state index is 14.5. The number of carbonyl (C=O) groups excluding carboxylic acids is 2. The zero-order valence-electron chi connectivity index (χ0n) is 26.5. The summed E-state index contributed by atoms with van der Waals surface area (Å²) in [6.45, 7) is 5.23. The van der Waals surface area contributed by atoms with Crippen LogP contribution in [0, 0.1) is 12.7 Å². The highest BCUT2D eigenvalue weighted by Crippen LogP contribution is 2.27. The number of carbonyl (C=O) groups is 2. The second-order valence-electron chi connectivity index (χ2n) is 11.2. The number of amides is 2. The number of benzene rings is 4. The Bertz CT molecular complexity index is 1700. The molecule has 1 N–H and O–H groups in total. The van der Waals surface area contributed by atoms with Crippen LogP contribution in [0.4, 0.5) is 10.1 Å². The molecule has 0 spiro atoms. The smallest absolute Gasteiger partial charge is 0.264 e. The van der Waals surface area contributed by atoms with E-state index in [-0.39, 0.29) is 35.5 Å². The standard InChI is InChI=1S/C36H40FN3O5S/c1-5-27(3)38-36(42)34(23-28-9-7-6-8-10-28)39(24-29-13-11-26(2)12-14-29)35(41)25-40(31-17-15-30(37)16-18-31)46(43,44)33-21-19-32(45-4)20-22-33/h6-22,27,34H,5,23-25H2,1-4H3,(H,38,42). The summed E-state index contributed by atoms with van der Waals surface area (Å²) >= 11 is 0. The fourth-order valence-electron chi connectivity index (χ4n) is 4.90. The first kappa shape index (κ1) is 34.2. The molecule has 0 radical (unpaired) electrons. The molecule has 2 unspecified atom stereocenters. The van der Waals surface area contributed by atoms with Gasteiger partial charge in [-0.2, -0.15) is 0 Å². The van der Waals surface area contributed by atoms with Crippen molar-refractivity contribution < 1.29 is 27.1 Å². The van der Waals surface area contributed by atoms with Gasteiger partial charge < -0.3 is 15.0 Å². The van der Waals surface area contributed by atoms with Gasteiger partial charge in [-0.1, -0.05) is 67.1 Å². The lowest BCUT2D eigenvalue weighted by Gasteiger charge is -2.34. The Hall–Kier alpha value is -4.70. The number of hydrogen-bond donors (Lipinski definition) is 1. The van der Waals surface area contributed by atoms with Gasteiger partial charge in [-0.25, -0.2) is 12.8 Å². The van der Waals surface area contributed by atoms with Crippen molar-refractivity contribution >= 4 is 27.5 Å². The van der Waals surface area contributed by atoms with Crippen molar-refractivity contribution in [2.75, 3.05) is 18.0 Å². The number of hydrogen-bond acceptors (Lipinski definition) is 5. The second kappa shape index (κ2) is 15.5. The molecule has 46 heavy (non-hydrogen) atoms. The molecule has 0 heterocycles. The normalized spacial score (nSPS) is 12.5. The van der Waals surface area contributed by atoms with Crippen LogP contribution in [-0.4, -0.2) is 50.9 Å². The predicted octanol–water partition coefficient (Wildman–Crippen LogP) is 5.89. The minimum absolute atomic E-state index is 0.0599. The minimum atomic E-state index is -4.32.